The zero-order valence-corrected chi connectivity index (χ0v) is 19.9. The first kappa shape index (κ1) is 24.2. The van der Waals surface area contributed by atoms with E-state index in [2.05, 4.69) is 21.4 Å². The van der Waals surface area contributed by atoms with Crippen molar-refractivity contribution in [3.05, 3.63) is 94.0 Å². The maximum Gasteiger partial charge on any atom is 0.262 e. The Morgan fingerprint density at radius 1 is 1.08 bits per heavy atom. The van der Waals surface area contributed by atoms with Gasteiger partial charge in [-0.15, -0.1) is 0 Å². The molecule has 1 heterocycles. The van der Waals surface area contributed by atoms with Gasteiger partial charge < -0.3 is 19.8 Å². The second-order valence-corrected chi connectivity index (χ2v) is 7.94. The summed E-state index contributed by atoms with van der Waals surface area (Å²) in [4.78, 5) is 31.8. The van der Waals surface area contributed by atoms with Gasteiger partial charge in [0.15, 0.2) is 23.9 Å². The Labute approximate surface area is 207 Å². The summed E-state index contributed by atoms with van der Waals surface area (Å²) < 4.78 is 11.4. The summed E-state index contributed by atoms with van der Waals surface area (Å²) in [5.74, 6) is 0.686. The average Bonchev–Trinajstić information content (AvgIpc) is 2.88. The number of aromatic amines is 1. The van der Waals surface area contributed by atoms with Crippen molar-refractivity contribution in [2.75, 3.05) is 18.5 Å². The summed E-state index contributed by atoms with van der Waals surface area (Å²) in [6, 6.07) is 21.6. The number of hydrogen-bond donors (Lipinski definition) is 2. The number of allylic oxidation sites excluding steroid dienone is 1. The van der Waals surface area contributed by atoms with E-state index in [9.17, 15) is 14.9 Å². The zero-order chi connectivity index (χ0) is 25.5. The molecule has 0 aliphatic heterocycles. The number of carbonyl (C=O) groups is 1. The number of amides is 1. The predicted molar refractivity (Wildman–Crippen MR) is 139 cm³/mol. The van der Waals surface area contributed by atoms with E-state index in [1.807, 2.05) is 38.1 Å². The second kappa shape index (κ2) is 11.0. The fraction of sp³-hybridized carbons (Fsp3) is 0.143. The first-order chi connectivity index (χ1) is 17.5. The molecule has 0 saturated carbocycles. The van der Waals surface area contributed by atoms with E-state index in [0.717, 1.165) is 5.56 Å². The van der Waals surface area contributed by atoms with Gasteiger partial charge in [-0.25, -0.2) is 4.98 Å². The molecule has 4 aromatic rings. The number of nitrogens with one attached hydrogen (secondary N) is 2. The van der Waals surface area contributed by atoms with Crippen LogP contribution in [0.25, 0.3) is 22.6 Å². The molecular weight excluding hydrogens is 456 g/mol. The molecule has 0 fully saturated rings. The Bertz CT molecular complexity index is 1530. The molecule has 180 valence electrons. The Hall–Kier alpha value is -4.90. The van der Waals surface area contributed by atoms with Crippen molar-refractivity contribution in [1.82, 2.24) is 9.97 Å². The van der Waals surface area contributed by atoms with Crippen molar-refractivity contribution in [3.8, 4) is 17.6 Å². The smallest absolute Gasteiger partial charge is 0.262 e. The minimum absolute atomic E-state index is 0.173. The minimum Gasteiger partial charge on any atom is -0.490 e. The van der Waals surface area contributed by atoms with Crippen molar-refractivity contribution in [3.63, 3.8) is 0 Å². The number of nitrogens with zero attached hydrogens (tertiary/aromatic N) is 2. The third kappa shape index (κ3) is 5.77. The van der Waals surface area contributed by atoms with E-state index in [1.54, 1.807) is 48.5 Å². The maximum atomic E-state index is 12.4. The summed E-state index contributed by atoms with van der Waals surface area (Å²) >= 11 is 0. The molecule has 0 unspecified atom stereocenters. The quantitative estimate of drug-likeness (QED) is 0.353. The molecule has 2 N–H and O–H groups in total. The van der Waals surface area contributed by atoms with Crippen LogP contribution in [0.3, 0.4) is 0 Å². The topological polar surface area (TPSA) is 117 Å². The van der Waals surface area contributed by atoms with Crippen LogP contribution < -0.4 is 20.3 Å². The van der Waals surface area contributed by atoms with E-state index in [-0.39, 0.29) is 29.5 Å². The zero-order valence-electron chi connectivity index (χ0n) is 19.9. The third-order valence-corrected chi connectivity index (χ3v) is 5.26. The van der Waals surface area contributed by atoms with E-state index >= 15 is 0 Å². The van der Waals surface area contributed by atoms with Crippen LogP contribution in [0.4, 0.5) is 5.69 Å². The van der Waals surface area contributed by atoms with E-state index < -0.39 is 0 Å². The van der Waals surface area contributed by atoms with Crippen LogP contribution in [-0.2, 0) is 4.79 Å². The fourth-order valence-electron chi connectivity index (χ4n) is 3.51. The average molecular weight is 481 g/mol. The van der Waals surface area contributed by atoms with E-state index in [1.165, 1.54) is 0 Å². The molecule has 0 saturated heterocycles. The molecule has 0 aliphatic rings. The number of anilines is 1. The van der Waals surface area contributed by atoms with Gasteiger partial charge in [-0.2, -0.15) is 5.26 Å². The van der Waals surface area contributed by atoms with E-state index in [4.69, 9.17) is 9.47 Å². The van der Waals surface area contributed by atoms with Gasteiger partial charge in [0.25, 0.3) is 11.5 Å². The summed E-state index contributed by atoms with van der Waals surface area (Å²) in [7, 11) is 0. The molecule has 0 atom stereocenters. The Kier molecular flexibility index (Phi) is 7.42. The minimum atomic E-state index is -0.320. The number of benzene rings is 3. The molecule has 0 aliphatic carbocycles. The number of H-pyrrole nitrogens is 1. The van der Waals surface area contributed by atoms with Gasteiger partial charge in [0.1, 0.15) is 6.07 Å². The van der Waals surface area contributed by atoms with Crippen LogP contribution in [-0.4, -0.2) is 29.1 Å². The molecule has 0 bridgehead atoms. The second-order valence-electron chi connectivity index (χ2n) is 7.94. The van der Waals surface area contributed by atoms with Crippen LogP contribution in [0.2, 0.25) is 0 Å². The molecule has 0 radical (unpaired) electrons. The van der Waals surface area contributed by atoms with Gasteiger partial charge in [0, 0.05) is 5.69 Å². The number of aryl methyl sites for hydroxylation is 1. The number of aromatic nitrogens is 2. The van der Waals surface area contributed by atoms with Crippen molar-refractivity contribution in [1.29, 1.82) is 5.26 Å². The molecule has 36 heavy (non-hydrogen) atoms. The number of carbonyl (C=O) groups excluding carboxylic acids is 1. The van der Waals surface area contributed by atoms with Crippen molar-refractivity contribution >= 4 is 34.1 Å². The lowest BCUT2D eigenvalue weighted by Crippen LogP contribution is -2.20. The normalized spacial score (nSPS) is 11.1. The Morgan fingerprint density at radius 3 is 2.61 bits per heavy atom. The maximum absolute atomic E-state index is 12.4. The highest BCUT2D eigenvalue weighted by Gasteiger charge is 2.12. The van der Waals surface area contributed by atoms with Crippen LogP contribution in [0.15, 0.2) is 71.5 Å². The SMILES string of the molecule is CCOc1cc(/C=C(\C#N)c2nc3ccccc3c(=O)[nH]2)ccc1OCC(=O)Nc1ccc(C)cc1. The summed E-state index contributed by atoms with van der Waals surface area (Å²) in [5, 5.41) is 13.0. The Balaban J connectivity index is 1.54. The predicted octanol–water partition coefficient (Wildman–Crippen LogP) is 4.71. The summed E-state index contributed by atoms with van der Waals surface area (Å²) in [5.41, 5.74) is 2.79. The first-order valence-corrected chi connectivity index (χ1v) is 11.3. The monoisotopic (exact) mass is 480 g/mol. The first-order valence-electron chi connectivity index (χ1n) is 11.3. The van der Waals surface area contributed by atoms with Crippen molar-refractivity contribution in [2.24, 2.45) is 0 Å². The van der Waals surface area contributed by atoms with E-state index in [0.29, 0.717) is 40.3 Å². The fourth-order valence-corrected chi connectivity index (χ4v) is 3.51. The van der Waals surface area contributed by atoms with Gasteiger partial charge >= 0.3 is 0 Å². The van der Waals surface area contributed by atoms with Gasteiger partial charge in [-0.1, -0.05) is 35.9 Å². The Morgan fingerprint density at radius 2 is 1.86 bits per heavy atom. The summed E-state index contributed by atoms with van der Waals surface area (Å²) in [6.07, 6.45) is 1.60. The number of nitriles is 1. The number of para-hydroxylation sites is 1. The van der Waals surface area contributed by atoms with Gasteiger partial charge in [-0.3, -0.25) is 9.59 Å². The lowest BCUT2D eigenvalue weighted by atomic mass is 10.1. The molecule has 3 aromatic carbocycles. The molecular formula is C28H24N4O4. The van der Waals surface area contributed by atoms with Gasteiger partial charge in [0.05, 0.1) is 23.1 Å². The molecule has 4 rings (SSSR count). The van der Waals surface area contributed by atoms with Crippen LogP contribution in [0, 0.1) is 18.3 Å². The number of fused-ring (bicyclic) bond motifs is 1. The molecule has 1 amide bonds. The van der Waals surface area contributed by atoms with Crippen LogP contribution in [0.1, 0.15) is 23.9 Å². The van der Waals surface area contributed by atoms with Crippen LogP contribution >= 0.6 is 0 Å². The van der Waals surface area contributed by atoms with Crippen molar-refractivity contribution in [2.45, 2.75) is 13.8 Å². The van der Waals surface area contributed by atoms with Crippen LogP contribution in [0.5, 0.6) is 11.5 Å². The highest BCUT2D eigenvalue weighted by molar-refractivity contribution is 5.92. The molecule has 8 heteroatoms. The lowest BCUT2D eigenvalue weighted by molar-refractivity contribution is -0.118. The lowest BCUT2D eigenvalue weighted by Gasteiger charge is -2.13. The highest BCUT2D eigenvalue weighted by atomic mass is 16.5. The molecule has 8 nitrogen and oxygen atoms in total. The largest absolute Gasteiger partial charge is 0.490 e. The third-order valence-electron chi connectivity index (χ3n) is 5.26. The molecule has 1 aromatic heterocycles. The highest BCUT2D eigenvalue weighted by Crippen LogP contribution is 2.30. The number of rotatable bonds is 8. The number of hydrogen-bond acceptors (Lipinski definition) is 6. The van der Waals surface area contributed by atoms with Crippen molar-refractivity contribution < 1.29 is 14.3 Å². The summed E-state index contributed by atoms with van der Waals surface area (Å²) in [6.45, 7) is 3.99. The number of ether oxygens (including phenoxy) is 2. The van der Waals surface area contributed by atoms with Gasteiger partial charge in [-0.05, 0) is 61.9 Å². The standard InChI is InChI=1S/C28H24N4O4/c1-3-35-25-15-19(10-13-24(25)36-17-26(33)30-21-11-8-18(2)9-12-21)14-20(16-29)27-31-23-7-5-4-6-22(23)28(34)32-27/h4-15H,3,17H2,1-2H3,(H,30,33)(H,31,32,34)/b20-14+. The molecule has 0 spiro atoms. The van der Waals surface area contributed by atoms with Gasteiger partial charge in [0.2, 0.25) is 0 Å².